The molecule has 7 rings (SSSR count). The molecule has 0 aliphatic rings. The smallest absolute Gasteiger partial charge is 0.253 e. The van der Waals surface area contributed by atoms with Gasteiger partial charge in [-0.15, -0.1) is 0 Å². The summed E-state index contributed by atoms with van der Waals surface area (Å²) >= 11 is 0. The van der Waals surface area contributed by atoms with Gasteiger partial charge in [-0.2, -0.15) is 0 Å². The summed E-state index contributed by atoms with van der Waals surface area (Å²) in [5, 5.41) is 30.2. The molecule has 0 amide bonds. The Kier molecular flexibility index (Phi) is 47.0. The van der Waals surface area contributed by atoms with Crippen LogP contribution >= 0.6 is 0 Å². The molecule has 0 heterocycles. The van der Waals surface area contributed by atoms with Crippen molar-refractivity contribution in [2.45, 2.75) is 234 Å². The van der Waals surface area contributed by atoms with Gasteiger partial charge in [0.25, 0.3) is 43.4 Å². The van der Waals surface area contributed by atoms with E-state index in [4.69, 9.17) is 19.9 Å². The highest BCUT2D eigenvalue weighted by Gasteiger charge is 2.34. The summed E-state index contributed by atoms with van der Waals surface area (Å²) < 4.78 is 15.1. The van der Waals surface area contributed by atoms with Crippen molar-refractivity contribution >= 4 is 62.6 Å². The van der Waals surface area contributed by atoms with Crippen LogP contribution in [0.1, 0.15) is 234 Å². The van der Waals surface area contributed by atoms with E-state index < -0.39 is 38.0 Å². The first kappa shape index (κ1) is 112. The van der Waals surface area contributed by atoms with Crippen molar-refractivity contribution in [1.29, 1.82) is 0 Å². The Hall–Kier alpha value is -8.88. The molecule has 0 atom stereocenters. The number of nitrogens with one attached hydrogen (secondary N) is 10. The Balaban J connectivity index is 0.000000721. The minimum Gasteiger partial charge on any atom is -0.383 e. The van der Waals surface area contributed by atoms with E-state index in [1.165, 1.54) is 0 Å². The van der Waals surface area contributed by atoms with Gasteiger partial charge in [-0.05, 0) is 131 Å². The summed E-state index contributed by atoms with van der Waals surface area (Å²) in [7, 11) is 10.6. The van der Waals surface area contributed by atoms with Crippen molar-refractivity contribution in [3.05, 3.63) is 160 Å². The number of hydrogen-bond acceptors (Lipinski definition) is 31. The van der Waals surface area contributed by atoms with Crippen LogP contribution in [0.3, 0.4) is 0 Å². The lowest BCUT2D eigenvalue weighted by Crippen LogP contribution is -2.45. The molecule has 696 valence electrons. The van der Waals surface area contributed by atoms with Gasteiger partial charge in [0, 0.05) is 143 Å². The highest BCUT2D eigenvalue weighted by Crippen LogP contribution is 2.30. The summed E-state index contributed by atoms with van der Waals surface area (Å²) in [6, 6.07) is 0. The Morgan fingerprint density at radius 1 is 0.285 bits per heavy atom. The van der Waals surface area contributed by atoms with Gasteiger partial charge in [0.15, 0.2) is 0 Å². The molecular formula is C92H156N14O17. The zero-order chi connectivity index (χ0) is 94.7. The van der Waals surface area contributed by atoms with E-state index >= 15 is 0 Å². The van der Waals surface area contributed by atoms with Crippen molar-refractivity contribution in [3.8, 4) is 0 Å². The number of nitrogens with two attached hydrogens (primary N) is 1. The van der Waals surface area contributed by atoms with Gasteiger partial charge >= 0.3 is 0 Å². The number of anilines is 11. The molecule has 7 aromatic carbocycles. The molecule has 0 spiro atoms. The molecule has 0 radical (unpaired) electrons. The summed E-state index contributed by atoms with van der Waals surface area (Å²) in [5.74, 6) is 0. The van der Waals surface area contributed by atoms with Crippen LogP contribution in [-0.4, -0.2) is 172 Å². The van der Waals surface area contributed by atoms with E-state index in [1.807, 2.05) is 119 Å². The second-order valence-corrected chi connectivity index (χ2v) is 39.0. The fraction of sp³-hybridized carbons (Fsp3) is 0.696. The summed E-state index contributed by atoms with van der Waals surface area (Å²) in [5.41, 5.74) is 7.35. The van der Waals surface area contributed by atoms with Gasteiger partial charge in [0.1, 0.15) is 45.5 Å². The first-order valence-electron chi connectivity index (χ1n) is 43.4. The monoisotopic (exact) mass is 1730 g/mol. The van der Waals surface area contributed by atoms with Crippen molar-refractivity contribution in [3.63, 3.8) is 0 Å². The molecule has 0 aromatic heterocycles. The van der Waals surface area contributed by atoms with Crippen molar-refractivity contribution in [1.82, 2.24) is 10.2 Å². The standard InChI is InChI=1S/C17H30N2O4.C15H26N2O2.C14H24N2O3.C13H22N2O2.C12H20N2O2.C11H18N2O2.C10H16N2O2/c1-17(2,3)7-6-8-18-13-14(16(21)15(13)20)19(9-11-22-4)10-12-23-5;1-6-17(7-2)12-11(13(18)14(12)19)16-10-8-9-15(3,4)5;1-14(2,3)6-5-7-15-10-11(13(18)12(10)17)16-8-9-19-4;1-5-14-9-10(12(17)11(9)16)15-8-6-7-13(2,3)4;1-12(2,3)8-9(11(16)10(8)15)13-6-7-14(4)5;1-11(2,3)7-8(10(15)9(7)14)13-6-5-12-4;1-10(2,3)6-7(12-5-4-11)9(14)8(6)13/h18H,6-12H2,1-5H3;16H,6-10H2,1-5H3;15-16H,5-9H2,1-4H3;14-15H,5-8H2,1-4H3;13H,6-7H2,1-5H3;12-13H,5-6H2,1-4H3;12H,4-5,11H2,1-3H3. The van der Waals surface area contributed by atoms with E-state index in [9.17, 15) is 67.1 Å². The van der Waals surface area contributed by atoms with Crippen molar-refractivity contribution in [2.24, 2.45) is 27.4 Å². The number of hydrogen-bond donors (Lipinski definition) is 11. The summed E-state index contributed by atoms with van der Waals surface area (Å²) in [6.45, 7) is 61.6. The lowest BCUT2D eigenvalue weighted by molar-refractivity contribution is 0.190. The van der Waals surface area contributed by atoms with Crippen molar-refractivity contribution < 1.29 is 14.2 Å². The van der Waals surface area contributed by atoms with Crippen LogP contribution in [0, 0.1) is 21.7 Å². The molecule has 31 nitrogen and oxygen atoms in total. The third kappa shape index (κ3) is 36.3. The molecule has 0 aliphatic heterocycles. The average molecular weight is 1730 g/mol. The van der Waals surface area contributed by atoms with Gasteiger partial charge in [-0.25, -0.2) is 0 Å². The van der Waals surface area contributed by atoms with E-state index in [-0.39, 0.29) is 65.1 Å². The van der Waals surface area contributed by atoms with Crippen molar-refractivity contribution in [2.75, 3.05) is 225 Å². The Labute approximate surface area is 729 Å². The first-order chi connectivity index (χ1) is 56.9. The molecule has 0 bridgehead atoms. The topological polar surface area (TPSA) is 423 Å². The molecule has 12 N–H and O–H groups in total. The van der Waals surface area contributed by atoms with Crippen LogP contribution in [0.15, 0.2) is 67.1 Å². The normalized spacial score (nSPS) is 11.9. The fourth-order valence-electron chi connectivity index (χ4n) is 13.0. The maximum Gasteiger partial charge on any atom is 0.253 e. The Morgan fingerprint density at radius 2 is 0.545 bits per heavy atom. The zero-order valence-electron chi connectivity index (χ0n) is 80.5. The average Bonchev–Trinajstić information content (AvgIpc) is 0.728. The maximum absolute atomic E-state index is 12.0. The molecule has 0 saturated carbocycles. The fourth-order valence-corrected chi connectivity index (χ4v) is 13.0. The lowest BCUT2D eigenvalue weighted by atomic mass is 9.82. The van der Waals surface area contributed by atoms with E-state index in [1.54, 1.807) is 21.3 Å². The molecular weight excluding hydrogens is 1570 g/mol. The SMILES string of the molecule is CC(C)(C)c1c(NCCN)c(=O)c1=O.CCN(CC)c1c(NCCCC(C)(C)C)c(=O)c1=O.CCNc1c(NCCCC(C)(C)C)c(=O)c1=O.CN(C)CCNc1c(C(C)(C)C)c(=O)c1=O.CNCCNc1c(C(C)(C)C)c(=O)c1=O.COCCN(CCOC)c1c(NCCCC(C)(C)C)c(=O)c1=O.COCCNc1c(NCCCC(C)(C)C)c(=O)c1=O. The maximum atomic E-state index is 12.0. The number of rotatable bonds is 43. The van der Waals surface area contributed by atoms with Gasteiger partial charge in [-0.3, -0.25) is 67.1 Å². The molecule has 0 fully saturated rings. The lowest BCUT2D eigenvalue weighted by Gasteiger charge is -2.27. The second-order valence-electron chi connectivity index (χ2n) is 39.0. The van der Waals surface area contributed by atoms with Crippen LogP contribution in [0.5, 0.6) is 0 Å². The summed E-state index contributed by atoms with van der Waals surface area (Å²) in [4.78, 5) is 166. The third-order valence-electron chi connectivity index (χ3n) is 19.7. The van der Waals surface area contributed by atoms with E-state index in [0.717, 1.165) is 90.6 Å². The van der Waals surface area contributed by atoms with Gasteiger partial charge in [0.2, 0.25) is 32.6 Å². The predicted octanol–water partition coefficient (Wildman–Crippen LogP) is 8.23. The minimum atomic E-state index is -0.436. The highest BCUT2D eigenvalue weighted by atomic mass is 16.5. The van der Waals surface area contributed by atoms with Crippen LogP contribution in [0.2, 0.25) is 0 Å². The minimum absolute atomic E-state index is 0.257. The van der Waals surface area contributed by atoms with Crippen LogP contribution < -0.4 is 145 Å². The third-order valence-corrected chi connectivity index (χ3v) is 19.7. The number of likely N-dealkylation sites (N-methyl/N-ethyl adjacent to an activating group) is 2. The first-order valence-corrected chi connectivity index (χ1v) is 43.4. The Bertz CT molecular complexity index is 4860. The Morgan fingerprint density at radius 3 is 0.813 bits per heavy atom. The van der Waals surface area contributed by atoms with E-state index in [2.05, 4.69) is 136 Å². The van der Waals surface area contributed by atoms with Gasteiger partial charge in [0.05, 0.1) is 36.9 Å². The van der Waals surface area contributed by atoms with Crippen LogP contribution in [-0.2, 0) is 30.5 Å². The molecule has 7 aromatic rings. The molecule has 0 aliphatic carbocycles. The molecule has 0 unspecified atom stereocenters. The molecule has 0 saturated heterocycles. The van der Waals surface area contributed by atoms with Gasteiger partial charge < -0.3 is 87.8 Å². The summed E-state index contributed by atoms with van der Waals surface area (Å²) in [6.07, 6.45) is 8.23. The predicted molar refractivity (Wildman–Crippen MR) is 515 cm³/mol. The molecule has 123 heavy (non-hydrogen) atoms. The quantitative estimate of drug-likeness (QED) is 0.0127. The second kappa shape index (κ2) is 51.5. The van der Waals surface area contributed by atoms with E-state index in [0.29, 0.717) is 175 Å². The zero-order valence-corrected chi connectivity index (χ0v) is 80.5. The van der Waals surface area contributed by atoms with Crippen LogP contribution in [0.4, 0.5) is 62.6 Å². The number of ether oxygens (including phenoxy) is 3. The number of nitrogens with zero attached hydrogens (tertiary/aromatic N) is 3. The van der Waals surface area contributed by atoms with Crippen LogP contribution in [0.25, 0.3) is 0 Å². The molecule has 31 heteroatoms. The highest BCUT2D eigenvalue weighted by molar-refractivity contribution is 5.77. The van der Waals surface area contributed by atoms with Gasteiger partial charge in [-0.1, -0.05) is 145 Å². The number of methoxy groups -OCH3 is 3. The largest absolute Gasteiger partial charge is 0.383 e.